The van der Waals surface area contributed by atoms with Gasteiger partial charge in [0, 0.05) is 31.0 Å². The largest absolute Gasteiger partial charge is 0.497 e. The molecule has 3 aromatic heterocycles. The Balaban J connectivity index is 1.48. The van der Waals surface area contributed by atoms with Crippen molar-refractivity contribution in [2.45, 2.75) is 19.4 Å². The highest BCUT2D eigenvalue weighted by Crippen LogP contribution is 2.16. The summed E-state index contributed by atoms with van der Waals surface area (Å²) in [5, 5.41) is 2.86. The average molecular weight is 376 g/mol. The standard InChI is InChI=1S/C21H20N4O3/c1-28-16-10-8-15(9-11-16)23-19(26)7-4-14-25-20-17(5-2-12-22-20)24-13-3-6-18(24)21(25)27/h2-3,5-6,8-13H,4,7,14H2,1H3,(H,23,26). The van der Waals surface area contributed by atoms with Crippen LogP contribution in [-0.4, -0.2) is 27.0 Å². The van der Waals surface area contributed by atoms with Crippen molar-refractivity contribution < 1.29 is 9.53 Å². The van der Waals surface area contributed by atoms with Crippen molar-refractivity contribution in [1.82, 2.24) is 14.0 Å². The first-order valence-electron chi connectivity index (χ1n) is 9.06. The van der Waals surface area contributed by atoms with E-state index in [4.69, 9.17) is 4.74 Å². The summed E-state index contributed by atoms with van der Waals surface area (Å²) in [6, 6.07) is 14.6. The van der Waals surface area contributed by atoms with Crippen molar-refractivity contribution in [3.8, 4) is 5.75 Å². The Hall–Kier alpha value is -3.61. The monoisotopic (exact) mass is 376 g/mol. The van der Waals surface area contributed by atoms with Crippen molar-refractivity contribution in [3.63, 3.8) is 0 Å². The molecule has 4 rings (SSSR count). The van der Waals surface area contributed by atoms with E-state index in [2.05, 4.69) is 10.3 Å². The minimum absolute atomic E-state index is 0.0979. The van der Waals surface area contributed by atoms with E-state index in [1.165, 1.54) is 0 Å². The third-order valence-electron chi connectivity index (χ3n) is 4.65. The molecule has 7 nitrogen and oxygen atoms in total. The smallest absolute Gasteiger partial charge is 0.276 e. The molecule has 0 aliphatic carbocycles. The van der Waals surface area contributed by atoms with Crippen LogP contribution in [0.1, 0.15) is 12.8 Å². The number of nitrogens with zero attached hydrogens (tertiary/aromatic N) is 3. The summed E-state index contributed by atoms with van der Waals surface area (Å²) in [4.78, 5) is 29.4. The summed E-state index contributed by atoms with van der Waals surface area (Å²) >= 11 is 0. The summed E-state index contributed by atoms with van der Waals surface area (Å²) in [6.45, 7) is 0.421. The molecule has 0 aliphatic rings. The number of carbonyl (C=O) groups is 1. The number of nitrogens with one attached hydrogen (secondary N) is 1. The van der Waals surface area contributed by atoms with Crippen LogP contribution >= 0.6 is 0 Å². The highest BCUT2D eigenvalue weighted by Gasteiger charge is 2.11. The zero-order valence-corrected chi connectivity index (χ0v) is 15.5. The summed E-state index contributed by atoms with van der Waals surface area (Å²) < 4.78 is 8.60. The number of aromatic nitrogens is 3. The molecule has 1 aromatic carbocycles. The van der Waals surface area contributed by atoms with Crippen molar-refractivity contribution in [2.75, 3.05) is 12.4 Å². The summed E-state index contributed by atoms with van der Waals surface area (Å²) in [7, 11) is 1.60. The van der Waals surface area contributed by atoms with Gasteiger partial charge < -0.3 is 14.5 Å². The first-order valence-corrected chi connectivity index (χ1v) is 9.06. The summed E-state index contributed by atoms with van der Waals surface area (Å²) in [6.07, 6.45) is 4.36. The Kier molecular flexibility index (Phi) is 4.80. The number of ether oxygens (including phenoxy) is 1. The van der Waals surface area contributed by atoms with Gasteiger partial charge in [0.1, 0.15) is 11.3 Å². The van der Waals surface area contributed by atoms with Crippen molar-refractivity contribution in [2.24, 2.45) is 0 Å². The third-order valence-corrected chi connectivity index (χ3v) is 4.65. The van der Waals surface area contributed by atoms with E-state index in [0.29, 0.717) is 36.2 Å². The zero-order chi connectivity index (χ0) is 19.5. The topological polar surface area (TPSA) is 77.6 Å². The molecule has 0 radical (unpaired) electrons. The van der Waals surface area contributed by atoms with Crippen LogP contribution in [0.25, 0.3) is 16.7 Å². The van der Waals surface area contributed by atoms with Crippen LogP contribution in [-0.2, 0) is 11.3 Å². The van der Waals surface area contributed by atoms with Gasteiger partial charge in [-0.2, -0.15) is 0 Å². The van der Waals surface area contributed by atoms with Crippen LogP contribution in [0, 0.1) is 0 Å². The van der Waals surface area contributed by atoms with Gasteiger partial charge in [0.2, 0.25) is 5.91 Å². The number of hydrogen-bond acceptors (Lipinski definition) is 4. The lowest BCUT2D eigenvalue weighted by Crippen LogP contribution is -2.24. The van der Waals surface area contributed by atoms with Crippen LogP contribution in [0.15, 0.2) is 65.7 Å². The lowest BCUT2D eigenvalue weighted by Gasteiger charge is -2.11. The van der Waals surface area contributed by atoms with Gasteiger partial charge in [0.05, 0.1) is 12.6 Å². The second-order valence-electron chi connectivity index (χ2n) is 6.45. The van der Waals surface area contributed by atoms with Gasteiger partial charge in [-0.1, -0.05) is 0 Å². The summed E-state index contributed by atoms with van der Waals surface area (Å²) in [5.41, 5.74) is 2.69. The quantitative estimate of drug-likeness (QED) is 0.561. The van der Waals surface area contributed by atoms with E-state index in [9.17, 15) is 9.59 Å². The van der Waals surface area contributed by atoms with Gasteiger partial charge in [0.15, 0.2) is 5.65 Å². The van der Waals surface area contributed by atoms with E-state index in [0.717, 1.165) is 11.3 Å². The Labute approximate surface area is 161 Å². The molecular formula is C21H20N4O3. The lowest BCUT2D eigenvalue weighted by atomic mass is 10.2. The van der Waals surface area contributed by atoms with Crippen molar-refractivity contribution >= 4 is 28.3 Å². The number of amides is 1. The van der Waals surface area contributed by atoms with Crippen LogP contribution in [0.4, 0.5) is 5.69 Å². The molecule has 4 aromatic rings. The fraction of sp³-hybridized carbons (Fsp3) is 0.190. The van der Waals surface area contributed by atoms with E-state index in [-0.39, 0.29) is 11.5 Å². The van der Waals surface area contributed by atoms with Crippen molar-refractivity contribution in [3.05, 3.63) is 71.3 Å². The maximum atomic E-state index is 12.8. The molecule has 0 aliphatic heterocycles. The molecule has 0 saturated carbocycles. The predicted molar refractivity (Wildman–Crippen MR) is 108 cm³/mol. The highest BCUT2D eigenvalue weighted by molar-refractivity contribution is 5.90. The lowest BCUT2D eigenvalue weighted by molar-refractivity contribution is -0.116. The predicted octanol–water partition coefficient (Wildman–Crippen LogP) is 3.08. The Morgan fingerprint density at radius 1 is 1.11 bits per heavy atom. The third kappa shape index (κ3) is 3.34. The fourth-order valence-corrected chi connectivity index (χ4v) is 3.29. The molecule has 0 bridgehead atoms. The minimum Gasteiger partial charge on any atom is -0.497 e. The van der Waals surface area contributed by atoms with Crippen LogP contribution < -0.4 is 15.6 Å². The molecule has 0 saturated heterocycles. The normalized spacial score (nSPS) is 11.0. The molecule has 0 unspecified atom stereocenters. The molecule has 1 N–H and O–H groups in total. The maximum Gasteiger partial charge on any atom is 0.276 e. The number of fused-ring (bicyclic) bond motifs is 3. The van der Waals surface area contributed by atoms with Gasteiger partial charge in [-0.25, -0.2) is 4.98 Å². The van der Waals surface area contributed by atoms with E-state index >= 15 is 0 Å². The first kappa shape index (κ1) is 17.8. The average Bonchev–Trinajstić information content (AvgIpc) is 3.21. The molecule has 7 heteroatoms. The van der Waals surface area contributed by atoms with Gasteiger partial charge in [0.25, 0.3) is 5.56 Å². The molecule has 1 amide bonds. The molecule has 3 heterocycles. The van der Waals surface area contributed by atoms with Gasteiger partial charge in [-0.15, -0.1) is 0 Å². The number of methoxy groups -OCH3 is 1. The SMILES string of the molecule is COc1ccc(NC(=O)CCCn2c(=O)c3cccn3c3cccnc32)cc1. The second-order valence-corrected chi connectivity index (χ2v) is 6.45. The maximum absolute atomic E-state index is 12.8. The summed E-state index contributed by atoms with van der Waals surface area (Å²) in [5.74, 6) is 0.636. The van der Waals surface area contributed by atoms with Gasteiger partial charge in [-0.05, 0) is 55.0 Å². The number of benzene rings is 1. The molecular weight excluding hydrogens is 356 g/mol. The number of pyridine rings is 1. The Morgan fingerprint density at radius 3 is 2.68 bits per heavy atom. The molecule has 142 valence electrons. The molecule has 0 fully saturated rings. The van der Waals surface area contributed by atoms with E-state index in [1.54, 1.807) is 48.2 Å². The first-order chi connectivity index (χ1) is 13.7. The molecule has 0 atom stereocenters. The minimum atomic E-state index is -0.105. The number of rotatable bonds is 6. The van der Waals surface area contributed by atoms with Crippen molar-refractivity contribution in [1.29, 1.82) is 0 Å². The van der Waals surface area contributed by atoms with Crippen LogP contribution in [0.2, 0.25) is 0 Å². The number of anilines is 1. The second kappa shape index (κ2) is 7.56. The molecule has 0 spiro atoms. The van der Waals surface area contributed by atoms with Crippen LogP contribution in [0.5, 0.6) is 5.75 Å². The fourth-order valence-electron chi connectivity index (χ4n) is 3.29. The Bertz CT molecular complexity index is 1190. The van der Waals surface area contributed by atoms with Gasteiger partial charge >= 0.3 is 0 Å². The molecule has 28 heavy (non-hydrogen) atoms. The number of hydrogen-bond donors (Lipinski definition) is 1. The Morgan fingerprint density at radius 2 is 1.89 bits per heavy atom. The van der Waals surface area contributed by atoms with E-state index in [1.807, 2.05) is 28.8 Å². The zero-order valence-electron chi connectivity index (χ0n) is 15.5. The number of aryl methyl sites for hydroxylation is 1. The number of carbonyl (C=O) groups excluding carboxylic acids is 1. The van der Waals surface area contributed by atoms with Crippen LogP contribution in [0.3, 0.4) is 0 Å². The highest BCUT2D eigenvalue weighted by atomic mass is 16.5. The van der Waals surface area contributed by atoms with Gasteiger partial charge in [-0.3, -0.25) is 14.2 Å². The van der Waals surface area contributed by atoms with E-state index < -0.39 is 0 Å².